The Morgan fingerprint density at radius 1 is 1.21 bits per heavy atom. The Bertz CT molecular complexity index is 621. The van der Waals surface area contributed by atoms with E-state index in [2.05, 4.69) is 54.2 Å². The van der Waals surface area contributed by atoms with Crippen LogP contribution in [0.3, 0.4) is 0 Å². The van der Waals surface area contributed by atoms with Crippen molar-refractivity contribution in [2.45, 2.75) is 58.5 Å². The number of ether oxygens (including phenoxy) is 1. The van der Waals surface area contributed by atoms with Crippen LogP contribution in [-0.4, -0.2) is 23.2 Å². The van der Waals surface area contributed by atoms with Gasteiger partial charge in [-0.1, -0.05) is 31.1 Å². The highest BCUT2D eigenvalue weighted by atomic mass is 16.5. The molecule has 0 aliphatic carbocycles. The third kappa shape index (κ3) is 4.18. The maximum absolute atomic E-state index is 5.66. The molecule has 0 bridgehead atoms. The molecule has 1 aliphatic heterocycles. The van der Waals surface area contributed by atoms with Crippen LogP contribution in [0.2, 0.25) is 0 Å². The molecule has 0 radical (unpaired) electrons. The second-order valence-corrected chi connectivity index (χ2v) is 6.59. The molecule has 0 spiro atoms. The fourth-order valence-electron chi connectivity index (χ4n) is 3.35. The van der Waals surface area contributed by atoms with Gasteiger partial charge in [-0.25, -0.2) is 0 Å². The van der Waals surface area contributed by atoms with Crippen molar-refractivity contribution >= 4 is 0 Å². The fourth-order valence-corrected chi connectivity index (χ4v) is 3.35. The van der Waals surface area contributed by atoms with Crippen molar-refractivity contribution < 1.29 is 9.26 Å². The summed E-state index contributed by atoms with van der Waals surface area (Å²) in [6.07, 6.45) is 5.48. The Kier molecular flexibility index (Phi) is 5.91. The van der Waals surface area contributed by atoms with Gasteiger partial charge in [-0.2, -0.15) is 0 Å². The first-order chi connectivity index (χ1) is 11.8. The van der Waals surface area contributed by atoms with Gasteiger partial charge in [-0.05, 0) is 49.9 Å². The summed E-state index contributed by atoms with van der Waals surface area (Å²) in [5.41, 5.74) is 2.42. The summed E-state index contributed by atoms with van der Waals surface area (Å²) in [5.74, 6) is 1.97. The highest BCUT2D eigenvalue weighted by Gasteiger charge is 2.28. The number of hydrogen-bond donors (Lipinski definition) is 0. The predicted octanol–water partition coefficient (Wildman–Crippen LogP) is 4.75. The summed E-state index contributed by atoms with van der Waals surface area (Å²) in [6.45, 7) is 7.14. The summed E-state index contributed by atoms with van der Waals surface area (Å²) in [7, 11) is 0. The van der Waals surface area contributed by atoms with Gasteiger partial charge in [0.2, 0.25) is 0 Å². The summed E-state index contributed by atoms with van der Waals surface area (Å²) in [6, 6.07) is 11.0. The third-order valence-corrected chi connectivity index (χ3v) is 4.56. The van der Waals surface area contributed by atoms with Gasteiger partial charge in [0.1, 0.15) is 17.2 Å². The quantitative estimate of drug-likeness (QED) is 0.701. The molecule has 1 fully saturated rings. The van der Waals surface area contributed by atoms with E-state index < -0.39 is 0 Å². The van der Waals surface area contributed by atoms with Gasteiger partial charge in [0.05, 0.1) is 12.6 Å². The van der Waals surface area contributed by atoms with Crippen molar-refractivity contribution in [3.63, 3.8) is 0 Å². The Morgan fingerprint density at radius 3 is 2.79 bits per heavy atom. The van der Waals surface area contributed by atoms with E-state index in [1.165, 1.54) is 12.0 Å². The number of aryl methyl sites for hydroxylation is 1. The summed E-state index contributed by atoms with van der Waals surface area (Å²) >= 11 is 0. The molecule has 1 aliphatic rings. The lowest BCUT2D eigenvalue weighted by atomic mass is 10.1. The van der Waals surface area contributed by atoms with Crippen LogP contribution in [0.25, 0.3) is 0 Å². The first-order valence-corrected chi connectivity index (χ1v) is 9.21. The smallest absolute Gasteiger partial charge is 0.137 e. The van der Waals surface area contributed by atoms with E-state index in [4.69, 9.17) is 9.26 Å². The fraction of sp³-hybridized carbons (Fsp3) is 0.550. The summed E-state index contributed by atoms with van der Waals surface area (Å²) in [4.78, 5) is 2.51. The van der Waals surface area contributed by atoms with Crippen molar-refractivity contribution in [1.29, 1.82) is 0 Å². The number of benzene rings is 1. The van der Waals surface area contributed by atoms with Gasteiger partial charge in [-0.3, -0.25) is 4.90 Å². The Morgan fingerprint density at radius 2 is 2.04 bits per heavy atom. The van der Waals surface area contributed by atoms with E-state index in [1.54, 1.807) is 0 Å². The van der Waals surface area contributed by atoms with Crippen molar-refractivity contribution in [2.24, 2.45) is 0 Å². The predicted molar refractivity (Wildman–Crippen MR) is 95.1 cm³/mol. The highest BCUT2D eigenvalue weighted by molar-refractivity contribution is 5.27. The average molecular weight is 328 g/mol. The molecule has 130 valence electrons. The minimum atomic E-state index is 0.385. The van der Waals surface area contributed by atoms with Crippen LogP contribution < -0.4 is 4.74 Å². The molecule has 1 saturated heterocycles. The normalized spacial score (nSPS) is 18.2. The number of aromatic nitrogens is 1. The minimum absolute atomic E-state index is 0.385. The van der Waals surface area contributed by atoms with Crippen molar-refractivity contribution in [3.05, 3.63) is 47.3 Å². The molecule has 3 rings (SSSR count). The molecule has 0 amide bonds. The van der Waals surface area contributed by atoms with Crippen LogP contribution in [-0.2, 0) is 13.0 Å². The van der Waals surface area contributed by atoms with Gasteiger partial charge in [0, 0.05) is 19.0 Å². The Hall–Kier alpha value is -1.81. The van der Waals surface area contributed by atoms with E-state index in [0.717, 1.165) is 62.6 Å². The molecule has 24 heavy (non-hydrogen) atoms. The molecule has 1 atom stereocenters. The van der Waals surface area contributed by atoms with Gasteiger partial charge in [-0.15, -0.1) is 0 Å². The number of nitrogens with zero attached hydrogens (tertiary/aromatic N) is 2. The lowest BCUT2D eigenvalue weighted by Gasteiger charge is -2.22. The van der Waals surface area contributed by atoms with E-state index >= 15 is 0 Å². The van der Waals surface area contributed by atoms with Gasteiger partial charge >= 0.3 is 0 Å². The average Bonchev–Trinajstić information content (AvgIpc) is 3.24. The van der Waals surface area contributed by atoms with Crippen LogP contribution in [0.15, 0.2) is 34.9 Å². The van der Waals surface area contributed by atoms with Crippen LogP contribution in [0.5, 0.6) is 5.75 Å². The molecule has 0 saturated carbocycles. The Balaban J connectivity index is 1.62. The van der Waals surface area contributed by atoms with E-state index in [1.807, 2.05) is 0 Å². The standard InChI is InChI=1S/C20H28N2O2/c1-3-6-18-14-19(21-24-18)20-7-5-12-22(20)15-16-8-10-17(11-9-16)23-13-4-2/h8-11,14,20H,3-7,12-13,15H2,1-2H3. The van der Waals surface area contributed by atoms with Crippen molar-refractivity contribution in [3.8, 4) is 5.75 Å². The first-order valence-electron chi connectivity index (χ1n) is 9.21. The maximum Gasteiger partial charge on any atom is 0.137 e. The SMILES string of the molecule is CCCOc1ccc(CN2CCCC2c2cc(CCC)on2)cc1. The second kappa shape index (κ2) is 8.34. The highest BCUT2D eigenvalue weighted by Crippen LogP contribution is 2.33. The largest absolute Gasteiger partial charge is 0.494 e. The zero-order valence-electron chi connectivity index (χ0n) is 14.8. The van der Waals surface area contributed by atoms with Crippen LogP contribution in [0.4, 0.5) is 0 Å². The molecule has 2 aromatic rings. The second-order valence-electron chi connectivity index (χ2n) is 6.59. The zero-order valence-corrected chi connectivity index (χ0v) is 14.8. The minimum Gasteiger partial charge on any atom is -0.494 e. The number of rotatable bonds is 8. The lowest BCUT2D eigenvalue weighted by molar-refractivity contribution is 0.236. The molecule has 0 N–H and O–H groups in total. The monoisotopic (exact) mass is 328 g/mol. The lowest BCUT2D eigenvalue weighted by Crippen LogP contribution is -2.22. The number of likely N-dealkylation sites (tertiary alicyclic amines) is 1. The molecule has 2 heterocycles. The van der Waals surface area contributed by atoms with Crippen molar-refractivity contribution in [1.82, 2.24) is 10.1 Å². The molecule has 4 heteroatoms. The molecular weight excluding hydrogens is 300 g/mol. The summed E-state index contributed by atoms with van der Waals surface area (Å²) < 4.78 is 11.1. The van der Waals surface area contributed by atoms with E-state index in [0.29, 0.717) is 6.04 Å². The van der Waals surface area contributed by atoms with E-state index in [9.17, 15) is 0 Å². The van der Waals surface area contributed by atoms with Gasteiger partial charge < -0.3 is 9.26 Å². The molecule has 1 unspecified atom stereocenters. The molecule has 1 aromatic heterocycles. The topological polar surface area (TPSA) is 38.5 Å². The van der Waals surface area contributed by atoms with E-state index in [-0.39, 0.29) is 0 Å². The van der Waals surface area contributed by atoms with Crippen LogP contribution >= 0.6 is 0 Å². The Labute approximate surface area is 144 Å². The molecular formula is C20H28N2O2. The molecule has 1 aromatic carbocycles. The van der Waals surface area contributed by atoms with Gasteiger partial charge in [0.25, 0.3) is 0 Å². The first kappa shape index (κ1) is 17.0. The van der Waals surface area contributed by atoms with Crippen molar-refractivity contribution in [2.75, 3.05) is 13.2 Å². The third-order valence-electron chi connectivity index (χ3n) is 4.56. The van der Waals surface area contributed by atoms with Crippen LogP contribution in [0, 0.1) is 0 Å². The van der Waals surface area contributed by atoms with Crippen LogP contribution in [0.1, 0.15) is 62.6 Å². The molecule has 4 nitrogen and oxygen atoms in total. The van der Waals surface area contributed by atoms with Gasteiger partial charge in [0.15, 0.2) is 0 Å². The number of hydrogen-bond acceptors (Lipinski definition) is 4. The zero-order chi connectivity index (χ0) is 16.8. The maximum atomic E-state index is 5.66. The summed E-state index contributed by atoms with van der Waals surface area (Å²) in [5, 5.41) is 4.32.